The summed E-state index contributed by atoms with van der Waals surface area (Å²) in [5.41, 5.74) is 0. The van der Waals surface area contributed by atoms with E-state index in [2.05, 4.69) is 53.2 Å². The Morgan fingerprint density at radius 1 is 0.794 bits per heavy atom. The molecule has 184 valence electrons. The van der Waals surface area contributed by atoms with E-state index in [0.717, 1.165) is 11.5 Å². The van der Waals surface area contributed by atoms with Crippen molar-refractivity contribution in [3.63, 3.8) is 0 Å². The topological polar surface area (TPSA) is 9.23 Å². The monoisotopic (exact) mass is 642 g/mol. The zero-order valence-electron chi connectivity index (χ0n) is 20.3. The molecule has 0 aliphatic rings. The van der Waals surface area contributed by atoms with Gasteiger partial charge in [0, 0.05) is 0 Å². The molecule has 0 atom stereocenters. The fraction of sp³-hybridized carbons (Fsp3) is 0.500. The summed E-state index contributed by atoms with van der Waals surface area (Å²) in [6.45, 7) is 2.29. The summed E-state index contributed by atoms with van der Waals surface area (Å²) in [5.74, 6) is 0. The van der Waals surface area contributed by atoms with Crippen LogP contribution < -0.4 is 4.74 Å². The normalized spacial score (nSPS) is 11.6. The molecule has 0 radical (unpaired) electrons. The summed E-state index contributed by atoms with van der Waals surface area (Å²) in [6, 6.07) is 11.6. The zero-order valence-corrected chi connectivity index (χ0v) is 26.0. The van der Waals surface area contributed by atoms with Crippen LogP contribution in [0.15, 0.2) is 34.8 Å². The first-order chi connectivity index (χ1) is 16.7. The zero-order chi connectivity index (χ0) is 23.8. The molecule has 0 aromatic carbocycles. The molecule has 4 rings (SSSR count). The first-order valence-corrected chi connectivity index (χ1v) is 17.6. The number of fused-ring (bicyclic) bond motifs is 1. The standard InChI is InChI=1S/C28H35BrOS3Se/c1-3-4-5-6-7-8-9-10-11-12-13-20-14-15-23(31-20)27-18-22(29)26(34-27)17-21-16-24-25(32-21)19-28(30-2)33-24/h14-16,18-19H,3-13,17H2,1-2H3. The Labute approximate surface area is 231 Å². The fourth-order valence-electron chi connectivity index (χ4n) is 4.29. The van der Waals surface area contributed by atoms with Crippen LogP contribution in [0.1, 0.15) is 85.3 Å². The van der Waals surface area contributed by atoms with Crippen LogP contribution in [0.3, 0.4) is 0 Å². The molecule has 0 spiro atoms. The molecule has 0 saturated heterocycles. The molecular formula is C28H35BrOS3Se. The van der Waals surface area contributed by atoms with Crippen LogP contribution in [0.4, 0.5) is 0 Å². The van der Waals surface area contributed by atoms with E-state index in [1.165, 1.54) is 98.7 Å². The van der Waals surface area contributed by atoms with Gasteiger partial charge in [0.05, 0.1) is 0 Å². The third kappa shape index (κ3) is 7.57. The molecule has 0 aliphatic heterocycles. The van der Waals surface area contributed by atoms with Crippen molar-refractivity contribution in [3.05, 3.63) is 49.0 Å². The molecular weight excluding hydrogens is 607 g/mol. The van der Waals surface area contributed by atoms with Gasteiger partial charge in [0.1, 0.15) is 0 Å². The van der Waals surface area contributed by atoms with Gasteiger partial charge in [-0.05, 0) is 0 Å². The molecule has 4 heterocycles. The van der Waals surface area contributed by atoms with E-state index in [1.54, 1.807) is 27.8 Å². The molecule has 34 heavy (non-hydrogen) atoms. The maximum absolute atomic E-state index is 5.38. The minimum absolute atomic E-state index is 0.410. The van der Waals surface area contributed by atoms with Crippen molar-refractivity contribution >= 4 is 73.8 Å². The summed E-state index contributed by atoms with van der Waals surface area (Å²) >= 11 is 9.95. The third-order valence-corrected chi connectivity index (χ3v) is 13.7. The number of unbranched alkanes of at least 4 members (excludes halogenated alkanes) is 9. The van der Waals surface area contributed by atoms with Crippen molar-refractivity contribution in [1.29, 1.82) is 0 Å². The number of methoxy groups -OCH3 is 1. The van der Waals surface area contributed by atoms with E-state index in [4.69, 9.17) is 4.74 Å². The van der Waals surface area contributed by atoms with Gasteiger partial charge in [-0.25, -0.2) is 0 Å². The summed E-state index contributed by atoms with van der Waals surface area (Å²) < 4.78 is 12.5. The van der Waals surface area contributed by atoms with Crippen LogP contribution in [0.25, 0.3) is 18.7 Å². The van der Waals surface area contributed by atoms with Crippen molar-refractivity contribution in [2.75, 3.05) is 7.11 Å². The number of rotatable bonds is 15. The number of hydrogen-bond donors (Lipinski definition) is 0. The molecule has 4 aromatic rings. The minimum atomic E-state index is 0.410. The number of ether oxygens (including phenoxy) is 1. The van der Waals surface area contributed by atoms with Crippen LogP contribution in [0.5, 0.6) is 5.06 Å². The van der Waals surface area contributed by atoms with Crippen LogP contribution in [-0.4, -0.2) is 21.6 Å². The summed E-state index contributed by atoms with van der Waals surface area (Å²) in [5, 5.41) is 1.01. The molecule has 0 amide bonds. The van der Waals surface area contributed by atoms with Gasteiger partial charge in [0.2, 0.25) is 0 Å². The molecule has 0 aliphatic carbocycles. The Bertz CT molecular complexity index is 1120. The second-order valence-corrected chi connectivity index (χ2v) is 15.6. The van der Waals surface area contributed by atoms with Crippen LogP contribution >= 0.6 is 49.9 Å². The predicted molar refractivity (Wildman–Crippen MR) is 159 cm³/mol. The van der Waals surface area contributed by atoms with Crippen LogP contribution in [0.2, 0.25) is 0 Å². The van der Waals surface area contributed by atoms with Gasteiger partial charge in [0.25, 0.3) is 0 Å². The van der Waals surface area contributed by atoms with Gasteiger partial charge < -0.3 is 0 Å². The Hall–Kier alpha value is -0.361. The Kier molecular flexibility index (Phi) is 10.8. The molecule has 4 aromatic heterocycles. The van der Waals surface area contributed by atoms with E-state index in [-0.39, 0.29) is 0 Å². The second kappa shape index (κ2) is 13.8. The Balaban J connectivity index is 1.22. The average Bonchev–Trinajstić information content (AvgIpc) is 3.59. The molecule has 0 N–H and O–H groups in total. The maximum atomic E-state index is 5.38. The van der Waals surface area contributed by atoms with Gasteiger partial charge in [0.15, 0.2) is 0 Å². The van der Waals surface area contributed by atoms with Crippen molar-refractivity contribution < 1.29 is 4.74 Å². The number of thiophene rings is 3. The first kappa shape index (κ1) is 26.7. The molecule has 1 nitrogen and oxygen atoms in total. The third-order valence-electron chi connectivity index (χ3n) is 6.21. The van der Waals surface area contributed by atoms with Crippen molar-refractivity contribution in [3.8, 4) is 14.4 Å². The summed E-state index contributed by atoms with van der Waals surface area (Å²) in [6.07, 6.45) is 16.4. The van der Waals surface area contributed by atoms with Gasteiger partial charge in [-0.1, -0.05) is 26.2 Å². The molecule has 0 fully saturated rings. The summed E-state index contributed by atoms with van der Waals surface area (Å²) in [4.78, 5) is 4.49. The van der Waals surface area contributed by atoms with E-state index < -0.39 is 0 Å². The number of hydrogen-bond acceptors (Lipinski definition) is 4. The van der Waals surface area contributed by atoms with Crippen LogP contribution in [0, 0.1) is 0 Å². The Morgan fingerprint density at radius 3 is 2.21 bits per heavy atom. The predicted octanol–water partition coefficient (Wildman–Crippen LogP) is 10.6. The van der Waals surface area contributed by atoms with Gasteiger partial charge in [-0.15, -0.1) is 0 Å². The van der Waals surface area contributed by atoms with E-state index in [9.17, 15) is 0 Å². The fourth-order valence-corrected chi connectivity index (χ4v) is 11.4. The average molecular weight is 643 g/mol. The number of aryl methyl sites for hydroxylation is 1. The number of halogens is 1. The SMILES string of the molecule is CCCCCCCCCCCCc1ccc(-c2cc(Br)c(Cc3cc4sc(OC)cc4s3)[se]2)s1. The van der Waals surface area contributed by atoms with E-state index in [1.807, 2.05) is 22.7 Å². The quantitative estimate of drug-likeness (QED) is 0.0926. The second-order valence-electron chi connectivity index (χ2n) is 8.97. The molecule has 0 bridgehead atoms. The Morgan fingerprint density at radius 2 is 1.50 bits per heavy atom. The summed E-state index contributed by atoms with van der Waals surface area (Å²) in [7, 11) is 1.75. The van der Waals surface area contributed by atoms with E-state index >= 15 is 0 Å². The van der Waals surface area contributed by atoms with Gasteiger partial charge in [-0.2, -0.15) is 0 Å². The van der Waals surface area contributed by atoms with Crippen LogP contribution in [-0.2, 0) is 12.8 Å². The van der Waals surface area contributed by atoms with Gasteiger partial charge in [-0.3, -0.25) is 0 Å². The molecule has 6 heteroatoms. The van der Waals surface area contributed by atoms with Gasteiger partial charge >= 0.3 is 207 Å². The molecule has 0 saturated carbocycles. The van der Waals surface area contributed by atoms with Crippen molar-refractivity contribution in [1.82, 2.24) is 0 Å². The first-order valence-electron chi connectivity index (χ1n) is 12.6. The van der Waals surface area contributed by atoms with Crippen molar-refractivity contribution in [2.45, 2.75) is 84.0 Å². The van der Waals surface area contributed by atoms with E-state index in [0.29, 0.717) is 14.5 Å². The molecule has 0 unspecified atom stereocenters. The van der Waals surface area contributed by atoms with Crippen molar-refractivity contribution in [2.24, 2.45) is 0 Å².